The summed E-state index contributed by atoms with van der Waals surface area (Å²) in [6.07, 6.45) is 1.03. The number of nitrogens with zero attached hydrogens (tertiary/aromatic N) is 5. The van der Waals surface area contributed by atoms with E-state index in [9.17, 15) is 4.39 Å². The lowest BCUT2D eigenvalue weighted by Gasteiger charge is -2.20. The van der Waals surface area contributed by atoms with Crippen molar-refractivity contribution in [3.05, 3.63) is 41.5 Å². The van der Waals surface area contributed by atoms with Crippen LogP contribution in [0.5, 0.6) is 0 Å². The maximum atomic E-state index is 13.1. The largest absolute Gasteiger partial charge is 0.368 e. The first-order chi connectivity index (χ1) is 11.4. The summed E-state index contributed by atoms with van der Waals surface area (Å²) in [4.78, 5) is 17.0. The average Bonchev–Trinajstić information content (AvgIpc) is 2.88. The van der Waals surface area contributed by atoms with Crippen molar-refractivity contribution in [3.63, 3.8) is 0 Å². The highest BCUT2D eigenvalue weighted by Crippen LogP contribution is 2.32. The van der Waals surface area contributed by atoms with Gasteiger partial charge in [0.1, 0.15) is 11.6 Å². The number of benzene rings is 1. The molecule has 2 atom stereocenters. The molecule has 0 saturated carbocycles. The number of nitrogen functional groups attached to an aromatic ring is 1. The number of nitrogens with two attached hydrogens (primary N) is 1. The summed E-state index contributed by atoms with van der Waals surface area (Å²) >= 11 is 0. The van der Waals surface area contributed by atoms with Crippen LogP contribution in [-0.4, -0.2) is 46.5 Å². The minimum absolute atomic E-state index is 0.196. The van der Waals surface area contributed by atoms with Crippen LogP contribution in [0.3, 0.4) is 0 Å². The molecule has 2 N–H and O–H groups in total. The van der Waals surface area contributed by atoms with Crippen LogP contribution < -0.4 is 10.6 Å². The molecule has 128 valence electrons. The van der Waals surface area contributed by atoms with Gasteiger partial charge in [-0.2, -0.15) is 15.0 Å². The van der Waals surface area contributed by atoms with Crippen molar-refractivity contribution in [1.82, 2.24) is 19.9 Å². The first-order valence-corrected chi connectivity index (χ1v) is 8.09. The lowest BCUT2D eigenvalue weighted by molar-refractivity contribution is 0.252. The van der Waals surface area contributed by atoms with Crippen molar-refractivity contribution in [2.75, 3.05) is 31.3 Å². The Morgan fingerprint density at radius 2 is 1.92 bits per heavy atom. The molecule has 0 aliphatic carbocycles. The number of likely N-dealkylation sites (tertiary alicyclic amines) is 1. The molecule has 6 nitrogen and oxygen atoms in total. The van der Waals surface area contributed by atoms with Gasteiger partial charge in [-0.05, 0) is 37.0 Å². The molecule has 1 aromatic carbocycles. The van der Waals surface area contributed by atoms with E-state index in [-0.39, 0.29) is 11.8 Å². The van der Waals surface area contributed by atoms with Gasteiger partial charge in [0.05, 0.1) is 6.54 Å². The highest BCUT2D eigenvalue weighted by molar-refractivity contribution is 5.32. The molecule has 0 radical (unpaired) electrons. The molecule has 1 aromatic heterocycles. The molecular formula is C17H23FN6. The van der Waals surface area contributed by atoms with Gasteiger partial charge in [-0.3, -0.25) is 4.90 Å². The molecule has 2 heterocycles. The molecule has 0 spiro atoms. The molecule has 0 bridgehead atoms. The third-order valence-corrected chi connectivity index (χ3v) is 4.48. The van der Waals surface area contributed by atoms with E-state index in [1.54, 1.807) is 0 Å². The molecule has 1 aliphatic heterocycles. The number of rotatable bonds is 4. The summed E-state index contributed by atoms with van der Waals surface area (Å²) < 4.78 is 13.1. The smallest absolute Gasteiger partial charge is 0.229 e. The second-order valence-corrected chi connectivity index (χ2v) is 6.57. The fourth-order valence-corrected chi connectivity index (χ4v) is 3.17. The summed E-state index contributed by atoms with van der Waals surface area (Å²) in [6.45, 7) is 3.73. The monoisotopic (exact) mass is 330 g/mol. The van der Waals surface area contributed by atoms with Crippen molar-refractivity contribution < 1.29 is 4.39 Å². The zero-order valence-electron chi connectivity index (χ0n) is 14.3. The van der Waals surface area contributed by atoms with Gasteiger partial charge < -0.3 is 10.6 Å². The first kappa shape index (κ1) is 16.6. The lowest BCUT2D eigenvalue weighted by atomic mass is 9.97. The van der Waals surface area contributed by atoms with Crippen molar-refractivity contribution in [2.45, 2.75) is 31.8 Å². The number of halogens is 1. The van der Waals surface area contributed by atoms with Crippen LogP contribution in [0, 0.1) is 5.82 Å². The second kappa shape index (κ2) is 6.68. The van der Waals surface area contributed by atoms with Gasteiger partial charge in [-0.15, -0.1) is 0 Å². The Labute approximate surface area is 141 Å². The van der Waals surface area contributed by atoms with E-state index in [1.165, 1.54) is 17.7 Å². The van der Waals surface area contributed by atoms with Gasteiger partial charge in [0.2, 0.25) is 11.9 Å². The minimum Gasteiger partial charge on any atom is -0.368 e. The van der Waals surface area contributed by atoms with Crippen molar-refractivity contribution in [3.8, 4) is 0 Å². The van der Waals surface area contributed by atoms with E-state index in [0.717, 1.165) is 13.0 Å². The molecule has 1 saturated heterocycles. The van der Waals surface area contributed by atoms with Crippen molar-refractivity contribution in [1.29, 1.82) is 0 Å². The van der Waals surface area contributed by atoms with E-state index in [4.69, 9.17) is 5.73 Å². The predicted molar refractivity (Wildman–Crippen MR) is 92.2 cm³/mol. The normalized spacial score (nSPS) is 21.2. The Hall–Kier alpha value is -2.28. The van der Waals surface area contributed by atoms with E-state index < -0.39 is 0 Å². The maximum Gasteiger partial charge on any atom is 0.229 e. The summed E-state index contributed by atoms with van der Waals surface area (Å²) in [6, 6.07) is 7.21. The van der Waals surface area contributed by atoms with E-state index >= 15 is 0 Å². The van der Waals surface area contributed by atoms with Crippen LogP contribution in [0.4, 0.5) is 16.3 Å². The van der Waals surface area contributed by atoms with Gasteiger partial charge in [-0.25, -0.2) is 4.39 Å². The standard InChI is InChI=1S/C17H23FN6/c1-11-8-13(12-4-6-14(18)7-5-12)9-24(11)10-15-20-16(19)22-17(21-15)23(2)3/h4-7,11,13H,8-10H2,1-3H3,(H2,19,20,21,22)/t11-,13-/m1/s1. The van der Waals surface area contributed by atoms with E-state index in [0.29, 0.717) is 30.3 Å². The zero-order valence-corrected chi connectivity index (χ0v) is 14.3. The fraction of sp³-hybridized carbons (Fsp3) is 0.471. The molecule has 7 heteroatoms. The third kappa shape index (κ3) is 3.62. The van der Waals surface area contributed by atoms with Gasteiger partial charge in [0.15, 0.2) is 0 Å². The Morgan fingerprint density at radius 3 is 2.58 bits per heavy atom. The molecule has 1 aliphatic rings. The lowest BCUT2D eigenvalue weighted by Crippen LogP contribution is -2.28. The van der Waals surface area contributed by atoms with Gasteiger partial charge in [-0.1, -0.05) is 12.1 Å². The average molecular weight is 330 g/mol. The Balaban J connectivity index is 1.73. The van der Waals surface area contributed by atoms with Crippen LogP contribution >= 0.6 is 0 Å². The van der Waals surface area contributed by atoms with Gasteiger partial charge in [0, 0.05) is 26.7 Å². The highest BCUT2D eigenvalue weighted by atomic mass is 19.1. The zero-order chi connectivity index (χ0) is 17.3. The van der Waals surface area contributed by atoms with Crippen molar-refractivity contribution in [2.24, 2.45) is 0 Å². The summed E-state index contributed by atoms with van der Waals surface area (Å²) in [5, 5.41) is 0. The minimum atomic E-state index is -0.196. The van der Waals surface area contributed by atoms with E-state index in [2.05, 4.69) is 26.8 Å². The maximum absolute atomic E-state index is 13.1. The van der Waals surface area contributed by atoms with Crippen LogP contribution in [0.15, 0.2) is 24.3 Å². The van der Waals surface area contributed by atoms with Crippen LogP contribution in [-0.2, 0) is 6.54 Å². The fourth-order valence-electron chi connectivity index (χ4n) is 3.17. The number of aromatic nitrogens is 3. The molecule has 24 heavy (non-hydrogen) atoms. The predicted octanol–water partition coefficient (Wildman–Crippen LogP) is 2.04. The Morgan fingerprint density at radius 1 is 1.21 bits per heavy atom. The van der Waals surface area contributed by atoms with Crippen molar-refractivity contribution >= 4 is 11.9 Å². The second-order valence-electron chi connectivity index (χ2n) is 6.57. The summed E-state index contributed by atoms with van der Waals surface area (Å²) in [7, 11) is 3.75. The highest BCUT2D eigenvalue weighted by Gasteiger charge is 2.30. The molecule has 3 rings (SSSR count). The summed E-state index contributed by atoms with van der Waals surface area (Å²) in [5.74, 6) is 1.69. The number of hydrogen-bond acceptors (Lipinski definition) is 6. The quantitative estimate of drug-likeness (QED) is 0.925. The summed E-state index contributed by atoms with van der Waals surface area (Å²) in [5.41, 5.74) is 6.97. The Kier molecular flexibility index (Phi) is 4.62. The van der Waals surface area contributed by atoms with Crippen LogP contribution in [0.2, 0.25) is 0 Å². The van der Waals surface area contributed by atoms with Crippen LogP contribution in [0.25, 0.3) is 0 Å². The van der Waals surface area contributed by atoms with Crippen LogP contribution in [0.1, 0.15) is 30.7 Å². The third-order valence-electron chi connectivity index (χ3n) is 4.48. The topological polar surface area (TPSA) is 71.2 Å². The van der Waals surface area contributed by atoms with Gasteiger partial charge >= 0.3 is 0 Å². The molecule has 2 aromatic rings. The van der Waals surface area contributed by atoms with Gasteiger partial charge in [0.25, 0.3) is 0 Å². The molecule has 1 fully saturated rings. The Bertz CT molecular complexity index is 703. The number of hydrogen-bond donors (Lipinski definition) is 1. The van der Waals surface area contributed by atoms with E-state index in [1.807, 2.05) is 31.1 Å². The first-order valence-electron chi connectivity index (χ1n) is 8.09. The molecule has 0 unspecified atom stereocenters. The SMILES string of the molecule is C[C@@H]1C[C@@H](c2ccc(F)cc2)CN1Cc1nc(N)nc(N(C)C)n1. The molecular weight excluding hydrogens is 307 g/mol. The molecule has 0 amide bonds. The number of anilines is 2.